The molecule has 1 fully saturated rings. The number of alkyl halides is 3. The number of hydrogen-bond acceptors (Lipinski definition) is 6. The van der Waals surface area contributed by atoms with Crippen molar-refractivity contribution in [3.8, 4) is 16.9 Å². The smallest absolute Gasteiger partial charge is 0.433 e. The highest BCUT2D eigenvalue weighted by Crippen LogP contribution is 2.33. The highest BCUT2D eigenvalue weighted by atomic mass is 32.2. The minimum absolute atomic E-state index is 0.0781. The first kappa shape index (κ1) is 26.9. The van der Waals surface area contributed by atoms with Crippen LogP contribution in [0.2, 0.25) is 0 Å². The van der Waals surface area contributed by atoms with Crippen molar-refractivity contribution in [1.82, 2.24) is 9.29 Å². The second-order valence-corrected chi connectivity index (χ2v) is 11.2. The lowest BCUT2D eigenvalue weighted by molar-refractivity contribution is -0.141. The Morgan fingerprint density at radius 3 is 2.59 bits per heavy atom. The largest absolute Gasteiger partial charge is 0.497 e. The molecule has 11 heteroatoms. The Morgan fingerprint density at radius 2 is 1.90 bits per heavy atom. The lowest BCUT2D eigenvalue weighted by Gasteiger charge is -2.22. The second-order valence-electron chi connectivity index (χ2n) is 9.34. The molecule has 0 amide bonds. The van der Waals surface area contributed by atoms with E-state index in [1.165, 1.54) is 23.5 Å². The highest BCUT2D eigenvalue weighted by molar-refractivity contribution is 7.89. The number of benzene rings is 2. The zero-order valence-electron chi connectivity index (χ0n) is 20.9. The quantitative estimate of drug-likeness (QED) is 0.269. The van der Waals surface area contributed by atoms with Crippen LogP contribution in [-0.2, 0) is 27.4 Å². The van der Waals surface area contributed by atoms with Crippen molar-refractivity contribution in [3.05, 3.63) is 78.1 Å². The molecule has 2 aromatic carbocycles. The third kappa shape index (κ3) is 5.55. The van der Waals surface area contributed by atoms with Crippen molar-refractivity contribution in [3.63, 3.8) is 0 Å². The number of fused-ring (bicyclic) bond motifs is 1. The van der Waals surface area contributed by atoms with Gasteiger partial charge >= 0.3 is 6.18 Å². The van der Waals surface area contributed by atoms with Crippen LogP contribution in [0.4, 0.5) is 13.2 Å². The first-order chi connectivity index (χ1) is 18.6. The van der Waals surface area contributed by atoms with E-state index < -0.39 is 27.9 Å². The molecule has 39 heavy (non-hydrogen) atoms. The average Bonchev–Trinajstić information content (AvgIpc) is 3.60. The molecule has 1 aliphatic heterocycles. The number of halogens is 3. The van der Waals surface area contributed by atoms with Gasteiger partial charge in [-0.1, -0.05) is 30.3 Å². The summed E-state index contributed by atoms with van der Waals surface area (Å²) >= 11 is 0. The Hall–Kier alpha value is -3.70. The number of pyridine rings is 1. The molecule has 0 saturated carbocycles. The molecular weight excluding hydrogens is 533 g/mol. The normalized spacial score (nSPS) is 16.6. The first-order valence-electron chi connectivity index (χ1n) is 12.3. The minimum atomic E-state index is -4.54. The molecule has 3 heterocycles. The van der Waals surface area contributed by atoms with Crippen LogP contribution in [0, 0.1) is 0 Å². The van der Waals surface area contributed by atoms with E-state index in [9.17, 15) is 26.4 Å². The third-order valence-corrected chi connectivity index (χ3v) is 8.55. The number of Topliss-reactive ketones (excluding diaryl/α,β-unsaturated/α-hetero) is 1. The summed E-state index contributed by atoms with van der Waals surface area (Å²) < 4.78 is 77.5. The number of hydrogen-bond donors (Lipinski definition) is 0. The Kier molecular flexibility index (Phi) is 7.21. The maximum absolute atomic E-state index is 13.4. The number of furan rings is 1. The summed E-state index contributed by atoms with van der Waals surface area (Å²) in [6.07, 6.45) is -2.05. The molecule has 1 aliphatic rings. The molecule has 0 spiro atoms. The standard InChI is InChI=1S/C28H25F3N2O5S/c1-37-22-14-18(13-21(15-22)20-9-11-26(32-17-20)28(29,30)31)8-10-24(34)23-6-4-12-33(23)39(35,36)27-16-19-5-2-3-7-25(19)38-27/h2-3,5,7,9,11,13-17,23H,4,6,8,10,12H2,1H3/t23-/m0/s1. The molecule has 7 nitrogen and oxygen atoms in total. The summed E-state index contributed by atoms with van der Waals surface area (Å²) in [6, 6.07) is 15.1. The summed E-state index contributed by atoms with van der Waals surface area (Å²) in [7, 11) is -2.54. The number of carbonyl (C=O) groups is 1. The zero-order chi connectivity index (χ0) is 27.8. The molecule has 0 aliphatic carbocycles. The monoisotopic (exact) mass is 558 g/mol. The molecule has 204 valence electrons. The molecular formula is C28H25F3N2O5S. The van der Waals surface area contributed by atoms with Gasteiger partial charge in [0, 0.05) is 36.2 Å². The number of para-hydroxylation sites is 1. The molecule has 0 unspecified atom stereocenters. The van der Waals surface area contributed by atoms with E-state index in [1.807, 2.05) is 0 Å². The number of methoxy groups -OCH3 is 1. The molecule has 4 aromatic rings. The maximum Gasteiger partial charge on any atom is 0.433 e. The van der Waals surface area contributed by atoms with Crippen LogP contribution in [0.1, 0.15) is 30.5 Å². The van der Waals surface area contributed by atoms with Gasteiger partial charge in [-0.05, 0) is 54.7 Å². The van der Waals surface area contributed by atoms with E-state index in [0.29, 0.717) is 47.1 Å². The summed E-state index contributed by atoms with van der Waals surface area (Å²) in [4.78, 5) is 16.8. The van der Waals surface area contributed by atoms with Crippen LogP contribution in [0.5, 0.6) is 5.75 Å². The fourth-order valence-electron chi connectivity index (χ4n) is 4.81. The number of aryl methyl sites for hydroxylation is 1. The van der Waals surface area contributed by atoms with Gasteiger partial charge in [-0.25, -0.2) is 8.42 Å². The Balaban J connectivity index is 1.32. The van der Waals surface area contributed by atoms with Crippen LogP contribution in [-0.4, -0.2) is 43.2 Å². The van der Waals surface area contributed by atoms with Gasteiger partial charge in [0.05, 0.1) is 13.2 Å². The number of ether oxygens (including phenoxy) is 1. The van der Waals surface area contributed by atoms with Gasteiger partial charge in [-0.2, -0.15) is 17.5 Å². The number of carbonyl (C=O) groups excluding carboxylic acids is 1. The molecule has 0 bridgehead atoms. The van der Waals surface area contributed by atoms with Gasteiger partial charge < -0.3 is 9.15 Å². The minimum Gasteiger partial charge on any atom is -0.497 e. The molecule has 2 aromatic heterocycles. The van der Waals surface area contributed by atoms with E-state index in [-0.39, 0.29) is 23.8 Å². The van der Waals surface area contributed by atoms with Crippen molar-refractivity contribution in [2.45, 2.75) is 43.0 Å². The number of sulfonamides is 1. The maximum atomic E-state index is 13.4. The van der Waals surface area contributed by atoms with E-state index in [4.69, 9.17) is 9.15 Å². The number of rotatable bonds is 8. The molecule has 0 N–H and O–H groups in total. The van der Waals surface area contributed by atoms with E-state index in [1.54, 1.807) is 42.5 Å². The van der Waals surface area contributed by atoms with Gasteiger partial charge in [0.15, 0.2) is 5.78 Å². The third-order valence-electron chi connectivity index (χ3n) is 6.79. The van der Waals surface area contributed by atoms with Crippen LogP contribution >= 0.6 is 0 Å². The van der Waals surface area contributed by atoms with Crippen LogP contribution in [0.3, 0.4) is 0 Å². The van der Waals surface area contributed by atoms with Gasteiger partial charge in [0.2, 0.25) is 5.09 Å². The Morgan fingerprint density at radius 1 is 1.10 bits per heavy atom. The van der Waals surface area contributed by atoms with E-state index in [0.717, 1.165) is 17.8 Å². The zero-order valence-corrected chi connectivity index (χ0v) is 21.8. The van der Waals surface area contributed by atoms with Crippen molar-refractivity contribution in [1.29, 1.82) is 0 Å². The fraction of sp³-hybridized carbons (Fsp3) is 0.286. The van der Waals surface area contributed by atoms with Gasteiger partial charge in [-0.3, -0.25) is 9.78 Å². The SMILES string of the molecule is COc1cc(CCC(=O)[C@@H]2CCCN2S(=O)(=O)c2cc3ccccc3o2)cc(-c2ccc(C(F)(F)F)nc2)c1. The summed E-state index contributed by atoms with van der Waals surface area (Å²) in [5, 5.41) is 0.473. The lowest BCUT2D eigenvalue weighted by atomic mass is 9.98. The van der Waals surface area contributed by atoms with Crippen LogP contribution < -0.4 is 4.74 Å². The highest BCUT2D eigenvalue weighted by Gasteiger charge is 2.40. The van der Waals surface area contributed by atoms with Crippen LogP contribution in [0.25, 0.3) is 22.1 Å². The van der Waals surface area contributed by atoms with Crippen molar-refractivity contribution in [2.75, 3.05) is 13.7 Å². The molecule has 5 rings (SSSR count). The van der Waals surface area contributed by atoms with Crippen molar-refractivity contribution < 1.29 is 35.5 Å². The van der Waals surface area contributed by atoms with E-state index in [2.05, 4.69) is 4.98 Å². The average molecular weight is 559 g/mol. The fourth-order valence-corrected chi connectivity index (χ4v) is 6.44. The predicted octanol–water partition coefficient (Wildman–Crippen LogP) is 5.88. The molecule has 1 atom stereocenters. The Labute approximate surface area is 223 Å². The summed E-state index contributed by atoms with van der Waals surface area (Å²) in [5.41, 5.74) is 1.25. The number of ketones is 1. The summed E-state index contributed by atoms with van der Waals surface area (Å²) in [5.74, 6) is 0.262. The van der Waals surface area contributed by atoms with Crippen molar-refractivity contribution >= 4 is 26.8 Å². The molecule has 1 saturated heterocycles. The van der Waals surface area contributed by atoms with Gasteiger partial charge in [-0.15, -0.1) is 0 Å². The van der Waals surface area contributed by atoms with Crippen molar-refractivity contribution in [2.24, 2.45) is 0 Å². The Bertz CT molecular complexity index is 1580. The number of nitrogens with zero attached hydrogens (tertiary/aromatic N) is 2. The van der Waals surface area contributed by atoms with E-state index >= 15 is 0 Å². The lowest BCUT2D eigenvalue weighted by Crippen LogP contribution is -2.40. The summed E-state index contributed by atoms with van der Waals surface area (Å²) in [6.45, 7) is 0.222. The predicted molar refractivity (Wildman–Crippen MR) is 138 cm³/mol. The van der Waals surface area contributed by atoms with Crippen LogP contribution in [0.15, 0.2) is 76.4 Å². The second kappa shape index (κ2) is 10.5. The van der Waals surface area contributed by atoms with Gasteiger partial charge in [0.1, 0.15) is 17.0 Å². The topological polar surface area (TPSA) is 89.7 Å². The number of aromatic nitrogens is 1. The van der Waals surface area contributed by atoms with Gasteiger partial charge in [0.25, 0.3) is 10.0 Å². The first-order valence-corrected chi connectivity index (χ1v) is 13.7. The molecule has 0 radical (unpaired) electrons.